The van der Waals surface area contributed by atoms with Crippen molar-refractivity contribution in [1.29, 1.82) is 0 Å². The second kappa shape index (κ2) is 8.15. The standard InChI is InChI=1S/C26H21ClN4O2/c1-16-24(26(33)31(30(16)2)20-6-4-3-5-7-20)28-19-11-8-17(9-12-19)14-22-21-15-18(27)10-13-23(21)29-25(22)32/h3-15,28H,1-2H3,(H,29,32)/b22-14+. The second-order valence-electron chi connectivity index (χ2n) is 7.89. The summed E-state index contributed by atoms with van der Waals surface area (Å²) in [4.78, 5) is 25.5. The SMILES string of the molecule is Cc1c(Nc2ccc(/C=C3/C(=O)Nc4ccc(Cl)cc43)cc2)c(=O)n(-c2ccccc2)n1C. The maximum absolute atomic E-state index is 13.1. The fraction of sp³-hybridized carbons (Fsp3) is 0.0769. The van der Waals surface area contributed by atoms with Gasteiger partial charge in [-0.2, -0.15) is 0 Å². The van der Waals surface area contributed by atoms with Gasteiger partial charge in [-0.3, -0.25) is 14.3 Å². The second-order valence-corrected chi connectivity index (χ2v) is 8.32. The van der Waals surface area contributed by atoms with Crippen molar-refractivity contribution in [2.45, 2.75) is 6.92 Å². The van der Waals surface area contributed by atoms with E-state index in [2.05, 4.69) is 10.6 Å². The number of aromatic nitrogens is 2. The van der Waals surface area contributed by atoms with Crippen molar-refractivity contribution in [2.75, 3.05) is 10.6 Å². The topological polar surface area (TPSA) is 68.1 Å². The number of nitrogens with one attached hydrogen (secondary N) is 2. The average molecular weight is 457 g/mol. The number of hydrogen-bond acceptors (Lipinski definition) is 3. The number of fused-ring (bicyclic) bond motifs is 1. The predicted molar refractivity (Wildman–Crippen MR) is 133 cm³/mol. The molecule has 0 saturated carbocycles. The summed E-state index contributed by atoms with van der Waals surface area (Å²) in [6.45, 7) is 1.91. The number of carbonyl (C=O) groups is 1. The van der Waals surface area contributed by atoms with Crippen LogP contribution < -0.4 is 16.2 Å². The van der Waals surface area contributed by atoms with E-state index in [1.54, 1.807) is 22.9 Å². The summed E-state index contributed by atoms with van der Waals surface area (Å²) in [6.07, 6.45) is 1.83. The van der Waals surface area contributed by atoms with Crippen LogP contribution in [0.1, 0.15) is 16.8 Å². The monoisotopic (exact) mass is 456 g/mol. The molecule has 3 aromatic carbocycles. The van der Waals surface area contributed by atoms with Crippen LogP contribution in [0, 0.1) is 6.92 Å². The largest absolute Gasteiger partial charge is 0.349 e. The number of rotatable bonds is 4. The van der Waals surface area contributed by atoms with Crippen LogP contribution >= 0.6 is 11.6 Å². The van der Waals surface area contributed by atoms with Gasteiger partial charge in [-0.1, -0.05) is 41.9 Å². The zero-order valence-electron chi connectivity index (χ0n) is 18.1. The molecule has 33 heavy (non-hydrogen) atoms. The van der Waals surface area contributed by atoms with Gasteiger partial charge in [-0.15, -0.1) is 0 Å². The summed E-state index contributed by atoms with van der Waals surface area (Å²) >= 11 is 6.11. The molecule has 6 nitrogen and oxygen atoms in total. The molecule has 5 rings (SSSR count). The Balaban J connectivity index is 1.43. The van der Waals surface area contributed by atoms with Crippen LogP contribution in [0.25, 0.3) is 17.3 Å². The number of benzene rings is 3. The quantitative estimate of drug-likeness (QED) is 0.405. The number of carbonyl (C=O) groups excluding carboxylic acids is 1. The van der Waals surface area contributed by atoms with Gasteiger partial charge in [-0.25, -0.2) is 4.68 Å². The van der Waals surface area contributed by atoms with Crippen molar-refractivity contribution in [3.05, 3.63) is 105 Å². The summed E-state index contributed by atoms with van der Waals surface area (Å²) in [7, 11) is 1.86. The number of amides is 1. The van der Waals surface area contributed by atoms with E-state index in [1.165, 1.54) is 0 Å². The zero-order chi connectivity index (χ0) is 23.1. The number of halogens is 1. The molecule has 2 N–H and O–H groups in total. The lowest BCUT2D eigenvalue weighted by Gasteiger charge is -2.07. The van der Waals surface area contributed by atoms with Crippen LogP contribution in [0.15, 0.2) is 77.6 Å². The van der Waals surface area contributed by atoms with Crippen molar-refractivity contribution < 1.29 is 4.79 Å². The lowest BCUT2D eigenvalue weighted by Crippen LogP contribution is -2.20. The Kier molecular flexibility index (Phi) is 5.15. The van der Waals surface area contributed by atoms with E-state index in [4.69, 9.17) is 11.6 Å². The van der Waals surface area contributed by atoms with Crippen molar-refractivity contribution >= 4 is 46.2 Å². The first-order valence-corrected chi connectivity index (χ1v) is 10.8. The summed E-state index contributed by atoms with van der Waals surface area (Å²) in [5.74, 6) is -0.157. The summed E-state index contributed by atoms with van der Waals surface area (Å²) in [5, 5.41) is 6.69. The minimum atomic E-state index is -0.157. The van der Waals surface area contributed by atoms with Gasteiger partial charge in [0.25, 0.3) is 11.5 Å². The van der Waals surface area contributed by atoms with Crippen LogP contribution in [0.4, 0.5) is 17.1 Å². The molecule has 0 saturated heterocycles. The van der Waals surface area contributed by atoms with Gasteiger partial charge in [-0.05, 0) is 61.0 Å². The van der Waals surface area contributed by atoms with Crippen molar-refractivity contribution in [1.82, 2.24) is 9.36 Å². The maximum Gasteiger partial charge on any atom is 0.295 e. The summed E-state index contributed by atoms with van der Waals surface area (Å²) in [6, 6.07) is 22.4. The smallest absolute Gasteiger partial charge is 0.295 e. The average Bonchev–Trinajstić information content (AvgIpc) is 3.23. The highest BCUT2D eigenvalue weighted by Crippen LogP contribution is 2.35. The van der Waals surface area contributed by atoms with E-state index in [0.29, 0.717) is 16.3 Å². The highest BCUT2D eigenvalue weighted by Gasteiger charge is 2.24. The molecule has 0 atom stereocenters. The zero-order valence-corrected chi connectivity index (χ0v) is 18.9. The van der Waals surface area contributed by atoms with E-state index >= 15 is 0 Å². The predicted octanol–water partition coefficient (Wildman–Crippen LogP) is 5.37. The fourth-order valence-electron chi connectivity index (χ4n) is 3.99. The molecule has 164 valence electrons. The van der Waals surface area contributed by atoms with Crippen molar-refractivity contribution in [3.63, 3.8) is 0 Å². The lowest BCUT2D eigenvalue weighted by atomic mass is 10.0. The minimum absolute atomic E-state index is 0.122. The number of para-hydroxylation sites is 1. The van der Waals surface area contributed by atoms with Gasteiger partial charge in [0.2, 0.25) is 0 Å². The number of anilines is 3. The molecule has 1 aliphatic rings. The molecule has 0 fully saturated rings. The summed E-state index contributed by atoms with van der Waals surface area (Å²) < 4.78 is 3.47. The molecule has 0 bridgehead atoms. The Morgan fingerprint density at radius 1 is 0.970 bits per heavy atom. The Hall–Kier alpha value is -4.03. The molecule has 4 aromatic rings. The van der Waals surface area contributed by atoms with Crippen LogP contribution in [0.3, 0.4) is 0 Å². The normalized spacial score (nSPS) is 13.8. The minimum Gasteiger partial charge on any atom is -0.349 e. The molecule has 0 unspecified atom stereocenters. The third kappa shape index (κ3) is 3.75. The van der Waals surface area contributed by atoms with Crippen LogP contribution in [-0.4, -0.2) is 15.3 Å². The number of nitrogens with zero attached hydrogens (tertiary/aromatic N) is 2. The molecule has 0 radical (unpaired) electrons. The molecule has 0 aliphatic carbocycles. The van der Waals surface area contributed by atoms with Gasteiger partial charge in [0.05, 0.1) is 11.4 Å². The van der Waals surface area contributed by atoms with E-state index < -0.39 is 0 Å². The van der Waals surface area contributed by atoms with Gasteiger partial charge in [0, 0.05) is 34.6 Å². The van der Waals surface area contributed by atoms with Crippen molar-refractivity contribution in [3.8, 4) is 5.69 Å². The molecule has 1 aliphatic heterocycles. The Labute approximate surface area is 195 Å². The van der Waals surface area contributed by atoms with Crippen LogP contribution in [0.5, 0.6) is 0 Å². The molecule has 7 heteroatoms. The van der Waals surface area contributed by atoms with E-state index in [0.717, 1.165) is 33.9 Å². The van der Waals surface area contributed by atoms with Gasteiger partial charge < -0.3 is 10.6 Å². The fourth-order valence-corrected chi connectivity index (χ4v) is 4.16. The third-order valence-corrected chi connectivity index (χ3v) is 6.04. The first-order valence-electron chi connectivity index (χ1n) is 10.5. The number of hydrogen-bond donors (Lipinski definition) is 2. The first kappa shape index (κ1) is 20.8. The molecular formula is C26H21ClN4O2. The van der Waals surface area contributed by atoms with Crippen LogP contribution in [0.2, 0.25) is 5.02 Å². The molecular weight excluding hydrogens is 436 g/mol. The maximum atomic E-state index is 13.1. The van der Waals surface area contributed by atoms with E-state index in [-0.39, 0.29) is 11.5 Å². The highest BCUT2D eigenvalue weighted by atomic mass is 35.5. The highest BCUT2D eigenvalue weighted by molar-refractivity contribution is 6.36. The van der Waals surface area contributed by atoms with E-state index in [9.17, 15) is 9.59 Å². The van der Waals surface area contributed by atoms with Gasteiger partial charge >= 0.3 is 0 Å². The van der Waals surface area contributed by atoms with Gasteiger partial charge in [0.15, 0.2) is 0 Å². The van der Waals surface area contributed by atoms with Crippen LogP contribution in [-0.2, 0) is 11.8 Å². The summed E-state index contributed by atoms with van der Waals surface area (Å²) in [5.41, 5.74) is 5.78. The Morgan fingerprint density at radius 3 is 2.42 bits per heavy atom. The molecule has 1 aromatic heterocycles. The van der Waals surface area contributed by atoms with Gasteiger partial charge in [0.1, 0.15) is 5.69 Å². The Morgan fingerprint density at radius 2 is 1.70 bits per heavy atom. The molecule has 1 amide bonds. The van der Waals surface area contributed by atoms with Crippen molar-refractivity contribution in [2.24, 2.45) is 7.05 Å². The third-order valence-electron chi connectivity index (χ3n) is 5.81. The first-order chi connectivity index (χ1) is 15.9. The molecule has 2 heterocycles. The Bertz CT molecular complexity index is 1460. The van der Waals surface area contributed by atoms with E-state index in [1.807, 2.05) is 79.3 Å². The molecule has 0 spiro atoms. The lowest BCUT2D eigenvalue weighted by molar-refractivity contribution is -0.110.